The topological polar surface area (TPSA) is 49.8 Å². The first kappa shape index (κ1) is 27.4. The average Bonchev–Trinajstić information content (AvgIpc) is 3.33. The molecular weight excluding hydrogens is 530 g/mol. The van der Waals surface area contributed by atoms with Crippen molar-refractivity contribution in [1.82, 2.24) is 4.90 Å². The predicted octanol–water partition coefficient (Wildman–Crippen LogP) is 7.48. The quantitative estimate of drug-likeness (QED) is 0.276. The molecule has 0 unspecified atom stereocenters. The highest BCUT2D eigenvalue weighted by molar-refractivity contribution is 7.12. The van der Waals surface area contributed by atoms with Crippen LogP contribution in [0.4, 0.5) is 17.6 Å². The van der Waals surface area contributed by atoms with Crippen LogP contribution in [0.15, 0.2) is 60.2 Å². The van der Waals surface area contributed by atoms with Gasteiger partial charge >= 0.3 is 12.1 Å². The molecule has 39 heavy (non-hydrogen) atoms. The standard InChI is InChI=1S/C30H29F4NO3S/c1-19-22(14-35-17-29(16-31,18-35)13-27(36)37)8-7-21-11-23(9-10-25(19)21)38-15-24-12-26(20-5-3-2-4-6-20)28(39-24)30(32,33)34/h2-6,9-12H,7-8,13-18H2,1H3,(H,36,37). The van der Waals surface area contributed by atoms with Crippen molar-refractivity contribution >= 4 is 22.9 Å². The molecule has 0 amide bonds. The van der Waals surface area contributed by atoms with E-state index in [-0.39, 0.29) is 18.6 Å². The Hall–Kier alpha value is -3.17. The van der Waals surface area contributed by atoms with Crippen molar-refractivity contribution < 1.29 is 32.2 Å². The van der Waals surface area contributed by atoms with Gasteiger partial charge in [0.1, 0.15) is 17.2 Å². The number of thiophene rings is 1. The predicted molar refractivity (Wildman–Crippen MR) is 144 cm³/mol. The fraction of sp³-hybridized carbons (Fsp3) is 0.367. The van der Waals surface area contributed by atoms with E-state index in [0.29, 0.717) is 47.2 Å². The van der Waals surface area contributed by atoms with Crippen molar-refractivity contribution in [2.75, 3.05) is 26.3 Å². The molecule has 0 spiro atoms. The molecule has 3 aromatic rings. The van der Waals surface area contributed by atoms with E-state index in [1.165, 1.54) is 5.57 Å². The molecular formula is C30H29F4NO3S. The lowest BCUT2D eigenvalue weighted by Gasteiger charge is -2.48. The molecule has 1 fully saturated rings. The maximum atomic E-state index is 13.7. The van der Waals surface area contributed by atoms with Crippen LogP contribution in [0.25, 0.3) is 16.7 Å². The van der Waals surface area contributed by atoms with Gasteiger partial charge in [-0.05, 0) is 60.2 Å². The van der Waals surface area contributed by atoms with Crippen LogP contribution < -0.4 is 4.74 Å². The molecule has 2 aromatic carbocycles. The van der Waals surface area contributed by atoms with Gasteiger partial charge in [-0.25, -0.2) is 0 Å². The number of hydrogen-bond donors (Lipinski definition) is 1. The Bertz CT molecular complexity index is 1390. The molecule has 0 atom stereocenters. The number of rotatable bonds is 9. The van der Waals surface area contributed by atoms with Crippen LogP contribution in [-0.2, 0) is 24.0 Å². The number of fused-ring (bicyclic) bond motifs is 1. The van der Waals surface area contributed by atoms with Crippen molar-refractivity contribution in [3.05, 3.63) is 81.1 Å². The molecule has 0 saturated carbocycles. The second-order valence-corrected chi connectivity index (χ2v) is 11.6. The third-order valence-corrected chi connectivity index (χ3v) is 8.71. The number of ether oxygens (including phenoxy) is 1. The monoisotopic (exact) mass is 559 g/mol. The van der Waals surface area contributed by atoms with Crippen LogP contribution >= 0.6 is 11.3 Å². The Labute approximate surface area is 228 Å². The van der Waals surface area contributed by atoms with E-state index in [9.17, 15) is 22.4 Å². The van der Waals surface area contributed by atoms with E-state index in [2.05, 4.69) is 11.8 Å². The summed E-state index contributed by atoms with van der Waals surface area (Å²) in [5.41, 5.74) is 4.55. The summed E-state index contributed by atoms with van der Waals surface area (Å²) >= 11 is 0.710. The number of halogens is 4. The molecule has 2 aliphatic rings. The third kappa shape index (κ3) is 5.89. The zero-order chi connectivity index (χ0) is 27.8. The van der Waals surface area contributed by atoms with Crippen LogP contribution in [-0.4, -0.2) is 42.3 Å². The van der Waals surface area contributed by atoms with Gasteiger partial charge in [-0.2, -0.15) is 13.2 Å². The summed E-state index contributed by atoms with van der Waals surface area (Å²) in [7, 11) is 0. The number of aryl methyl sites for hydroxylation is 1. The van der Waals surface area contributed by atoms with Crippen molar-refractivity contribution in [3.8, 4) is 16.9 Å². The summed E-state index contributed by atoms with van der Waals surface area (Å²) in [5, 5.41) is 9.07. The van der Waals surface area contributed by atoms with E-state index in [1.54, 1.807) is 36.4 Å². The molecule has 1 aromatic heterocycles. The van der Waals surface area contributed by atoms with Crippen LogP contribution in [0.5, 0.6) is 5.75 Å². The Morgan fingerprint density at radius 3 is 2.49 bits per heavy atom. The van der Waals surface area contributed by atoms with Gasteiger partial charge < -0.3 is 9.84 Å². The number of hydrogen-bond acceptors (Lipinski definition) is 4. The van der Waals surface area contributed by atoms with Crippen molar-refractivity contribution in [2.24, 2.45) is 5.41 Å². The first-order valence-electron chi connectivity index (χ1n) is 12.8. The molecule has 1 aliphatic heterocycles. The molecule has 0 bridgehead atoms. The Morgan fingerprint density at radius 2 is 1.82 bits per heavy atom. The highest BCUT2D eigenvalue weighted by atomic mass is 32.1. The third-order valence-electron chi connectivity index (χ3n) is 7.56. The van der Waals surface area contributed by atoms with Gasteiger partial charge in [-0.15, -0.1) is 11.3 Å². The minimum atomic E-state index is -4.44. The number of carboxylic acid groups (broad SMARTS) is 1. The number of benzene rings is 2. The zero-order valence-electron chi connectivity index (χ0n) is 21.5. The minimum Gasteiger partial charge on any atom is -0.488 e. The summed E-state index contributed by atoms with van der Waals surface area (Å²) in [6, 6.07) is 15.9. The normalized spacial score (nSPS) is 17.1. The summed E-state index contributed by atoms with van der Waals surface area (Å²) in [6.45, 7) is 3.04. The summed E-state index contributed by atoms with van der Waals surface area (Å²) in [4.78, 5) is 13.0. The molecule has 0 radical (unpaired) electrons. The van der Waals surface area contributed by atoms with Gasteiger partial charge in [0, 0.05) is 35.5 Å². The molecule has 1 aliphatic carbocycles. The lowest BCUT2D eigenvalue weighted by molar-refractivity contribution is -0.144. The maximum absolute atomic E-state index is 13.7. The van der Waals surface area contributed by atoms with Gasteiger partial charge in [-0.1, -0.05) is 42.0 Å². The average molecular weight is 560 g/mol. The van der Waals surface area contributed by atoms with E-state index < -0.39 is 29.1 Å². The Kier molecular flexibility index (Phi) is 7.57. The number of carboxylic acids is 1. The highest BCUT2D eigenvalue weighted by Crippen LogP contribution is 2.43. The highest BCUT2D eigenvalue weighted by Gasteiger charge is 2.45. The Balaban J connectivity index is 1.26. The van der Waals surface area contributed by atoms with E-state index in [1.807, 2.05) is 18.2 Å². The van der Waals surface area contributed by atoms with Crippen LogP contribution in [0, 0.1) is 5.41 Å². The number of aliphatic carboxylic acids is 1. The number of carbonyl (C=O) groups is 1. The second kappa shape index (κ2) is 10.8. The van der Waals surface area contributed by atoms with Crippen LogP contribution in [0.2, 0.25) is 0 Å². The first-order valence-corrected chi connectivity index (χ1v) is 13.6. The zero-order valence-corrected chi connectivity index (χ0v) is 22.3. The lowest BCUT2D eigenvalue weighted by atomic mass is 9.77. The maximum Gasteiger partial charge on any atom is 0.426 e. The number of nitrogens with zero attached hydrogens (tertiary/aromatic N) is 1. The number of allylic oxidation sites excluding steroid dienone is 1. The minimum absolute atomic E-state index is 0.0427. The fourth-order valence-electron chi connectivity index (χ4n) is 5.65. The SMILES string of the molecule is CC1=C(CN2CC(CF)(CC(=O)O)C2)CCc2cc(OCc3cc(-c4ccccc4)c(C(F)(F)F)s3)ccc21. The number of likely N-dealkylation sites (tertiary alicyclic amines) is 1. The second-order valence-electron chi connectivity index (χ2n) is 10.5. The summed E-state index contributed by atoms with van der Waals surface area (Å²) in [5.74, 6) is -0.360. The molecule has 1 N–H and O–H groups in total. The summed E-state index contributed by atoms with van der Waals surface area (Å²) in [6.07, 6.45) is -2.96. The molecule has 2 heterocycles. The fourth-order valence-corrected chi connectivity index (χ4v) is 6.61. The van der Waals surface area contributed by atoms with Crippen molar-refractivity contribution in [1.29, 1.82) is 0 Å². The van der Waals surface area contributed by atoms with Gasteiger partial charge in [-0.3, -0.25) is 14.1 Å². The van der Waals surface area contributed by atoms with E-state index in [4.69, 9.17) is 9.84 Å². The molecule has 9 heteroatoms. The molecule has 1 saturated heterocycles. The summed E-state index contributed by atoms with van der Waals surface area (Å²) < 4.78 is 60.5. The smallest absolute Gasteiger partial charge is 0.426 e. The van der Waals surface area contributed by atoms with Gasteiger partial charge in [0.15, 0.2) is 0 Å². The van der Waals surface area contributed by atoms with Crippen LogP contribution in [0.3, 0.4) is 0 Å². The number of alkyl halides is 4. The first-order chi connectivity index (χ1) is 18.6. The Morgan fingerprint density at radius 1 is 1.08 bits per heavy atom. The van der Waals surface area contributed by atoms with E-state index in [0.717, 1.165) is 29.5 Å². The van der Waals surface area contributed by atoms with Crippen molar-refractivity contribution in [2.45, 2.75) is 39.0 Å². The molecule has 5 rings (SSSR count). The van der Waals surface area contributed by atoms with Gasteiger partial charge in [0.05, 0.1) is 13.1 Å². The van der Waals surface area contributed by atoms with Gasteiger partial charge in [0.2, 0.25) is 0 Å². The largest absolute Gasteiger partial charge is 0.488 e. The molecule has 4 nitrogen and oxygen atoms in total. The lowest BCUT2D eigenvalue weighted by Crippen LogP contribution is -2.58. The van der Waals surface area contributed by atoms with E-state index >= 15 is 0 Å². The molecule has 206 valence electrons. The van der Waals surface area contributed by atoms with Crippen molar-refractivity contribution in [3.63, 3.8) is 0 Å². The van der Waals surface area contributed by atoms with Gasteiger partial charge in [0.25, 0.3) is 0 Å². The van der Waals surface area contributed by atoms with Crippen LogP contribution in [0.1, 0.15) is 40.6 Å².